The van der Waals surface area contributed by atoms with E-state index in [9.17, 15) is 13.2 Å². The summed E-state index contributed by atoms with van der Waals surface area (Å²) in [7, 11) is -3.81. The van der Waals surface area contributed by atoms with Crippen molar-refractivity contribution in [1.29, 1.82) is 0 Å². The van der Waals surface area contributed by atoms with Crippen LogP contribution in [0.1, 0.15) is 5.56 Å². The second-order valence-corrected chi connectivity index (χ2v) is 5.86. The molecule has 0 saturated carbocycles. The summed E-state index contributed by atoms with van der Waals surface area (Å²) in [6.45, 7) is 0.0608. The molecule has 2 aromatic carbocycles. The Kier molecular flexibility index (Phi) is 4.56. The number of hydrogen-bond acceptors (Lipinski definition) is 3. The molecular formula is C14H15N3O3S. The Morgan fingerprint density at radius 2 is 1.62 bits per heavy atom. The fourth-order valence-electron chi connectivity index (χ4n) is 1.80. The van der Waals surface area contributed by atoms with Crippen LogP contribution < -0.4 is 15.8 Å². The topological polar surface area (TPSA) is 101 Å². The summed E-state index contributed by atoms with van der Waals surface area (Å²) in [5, 5.41) is 10.4. The molecule has 6 nitrogen and oxygen atoms in total. The van der Waals surface area contributed by atoms with Gasteiger partial charge in [-0.25, -0.2) is 18.4 Å². The SMILES string of the molecule is NS(=O)(=O)c1ccccc1CNC(=O)Nc1ccccc1. The number of amides is 2. The normalized spacial score (nSPS) is 10.9. The van der Waals surface area contributed by atoms with Gasteiger partial charge in [0.05, 0.1) is 4.90 Å². The number of sulfonamides is 1. The molecule has 0 bridgehead atoms. The number of nitrogens with one attached hydrogen (secondary N) is 2. The second kappa shape index (κ2) is 6.38. The molecule has 0 heterocycles. The molecule has 0 saturated heterocycles. The molecule has 7 heteroatoms. The summed E-state index contributed by atoms with van der Waals surface area (Å²) in [4.78, 5) is 11.7. The highest BCUT2D eigenvalue weighted by Gasteiger charge is 2.13. The molecule has 0 atom stereocenters. The standard InChI is InChI=1S/C14H15N3O3S/c15-21(19,20)13-9-5-4-6-11(13)10-16-14(18)17-12-7-2-1-3-8-12/h1-9H,10H2,(H2,15,19,20)(H2,16,17,18). The molecule has 2 rings (SSSR count). The molecular weight excluding hydrogens is 290 g/mol. The summed E-state index contributed by atoms with van der Waals surface area (Å²) in [6, 6.07) is 14.8. The van der Waals surface area contributed by atoms with E-state index in [-0.39, 0.29) is 11.4 Å². The molecule has 0 aromatic heterocycles. The molecule has 0 aliphatic carbocycles. The van der Waals surface area contributed by atoms with Crippen molar-refractivity contribution in [2.45, 2.75) is 11.4 Å². The highest BCUT2D eigenvalue weighted by Crippen LogP contribution is 2.13. The van der Waals surface area contributed by atoms with Crippen molar-refractivity contribution in [3.8, 4) is 0 Å². The lowest BCUT2D eigenvalue weighted by atomic mass is 10.2. The average Bonchev–Trinajstić information content (AvgIpc) is 2.45. The number of urea groups is 1. The molecule has 0 fully saturated rings. The molecule has 2 amide bonds. The van der Waals surface area contributed by atoms with Gasteiger partial charge in [0.15, 0.2) is 0 Å². The summed E-state index contributed by atoms with van der Waals surface area (Å²) in [6.07, 6.45) is 0. The molecule has 0 spiro atoms. The van der Waals surface area contributed by atoms with E-state index in [1.807, 2.05) is 6.07 Å². The summed E-state index contributed by atoms with van der Waals surface area (Å²) < 4.78 is 22.9. The lowest BCUT2D eigenvalue weighted by Gasteiger charge is -2.10. The Balaban J connectivity index is 2.02. The summed E-state index contributed by atoms with van der Waals surface area (Å²) in [5.74, 6) is 0. The number of nitrogens with two attached hydrogens (primary N) is 1. The van der Waals surface area contributed by atoms with Gasteiger partial charge in [0.2, 0.25) is 10.0 Å². The predicted molar refractivity (Wildman–Crippen MR) is 80.1 cm³/mol. The minimum absolute atomic E-state index is 0.00464. The van der Waals surface area contributed by atoms with Crippen LogP contribution in [0.25, 0.3) is 0 Å². The first kappa shape index (κ1) is 15.0. The number of hydrogen-bond donors (Lipinski definition) is 3. The number of benzene rings is 2. The lowest BCUT2D eigenvalue weighted by Crippen LogP contribution is -2.29. The Morgan fingerprint density at radius 3 is 2.29 bits per heavy atom. The number of primary sulfonamides is 1. The van der Waals surface area contributed by atoms with Crippen LogP contribution in [-0.4, -0.2) is 14.4 Å². The van der Waals surface area contributed by atoms with E-state index in [1.165, 1.54) is 6.07 Å². The molecule has 110 valence electrons. The number of para-hydroxylation sites is 1. The smallest absolute Gasteiger partial charge is 0.319 e. The lowest BCUT2D eigenvalue weighted by molar-refractivity contribution is 0.251. The van der Waals surface area contributed by atoms with Crippen molar-refractivity contribution in [2.24, 2.45) is 5.14 Å². The van der Waals surface area contributed by atoms with Crippen LogP contribution in [0.2, 0.25) is 0 Å². The summed E-state index contributed by atoms with van der Waals surface area (Å²) >= 11 is 0. The first-order chi connectivity index (χ1) is 9.97. The molecule has 21 heavy (non-hydrogen) atoms. The van der Waals surface area contributed by atoms with Crippen LogP contribution in [-0.2, 0) is 16.6 Å². The van der Waals surface area contributed by atoms with Crippen LogP contribution in [0, 0.1) is 0 Å². The Bertz CT molecular complexity index is 730. The van der Waals surface area contributed by atoms with Gasteiger partial charge >= 0.3 is 6.03 Å². The zero-order valence-electron chi connectivity index (χ0n) is 11.1. The van der Waals surface area contributed by atoms with Crippen LogP contribution in [0.3, 0.4) is 0 Å². The first-order valence-corrected chi connectivity index (χ1v) is 7.72. The fraction of sp³-hybridized carbons (Fsp3) is 0.0714. The van der Waals surface area contributed by atoms with E-state index < -0.39 is 16.1 Å². The van der Waals surface area contributed by atoms with E-state index >= 15 is 0 Å². The van der Waals surface area contributed by atoms with Crippen molar-refractivity contribution in [1.82, 2.24) is 5.32 Å². The number of rotatable bonds is 4. The van der Waals surface area contributed by atoms with Crippen LogP contribution in [0.5, 0.6) is 0 Å². The van der Waals surface area contributed by atoms with E-state index in [0.717, 1.165) is 0 Å². The van der Waals surface area contributed by atoms with E-state index in [4.69, 9.17) is 5.14 Å². The van der Waals surface area contributed by atoms with Crippen LogP contribution in [0.4, 0.5) is 10.5 Å². The van der Waals surface area contributed by atoms with Crippen molar-refractivity contribution in [3.05, 3.63) is 60.2 Å². The van der Waals surface area contributed by atoms with Gasteiger partial charge in [0, 0.05) is 12.2 Å². The maximum absolute atomic E-state index is 11.7. The van der Waals surface area contributed by atoms with Gasteiger partial charge < -0.3 is 10.6 Å². The number of anilines is 1. The van der Waals surface area contributed by atoms with Crippen LogP contribution >= 0.6 is 0 Å². The van der Waals surface area contributed by atoms with Gasteiger partial charge in [-0.3, -0.25) is 0 Å². The van der Waals surface area contributed by atoms with Gasteiger partial charge in [0.25, 0.3) is 0 Å². The fourth-order valence-corrected chi connectivity index (χ4v) is 2.57. The van der Waals surface area contributed by atoms with Crippen molar-refractivity contribution in [2.75, 3.05) is 5.32 Å². The van der Waals surface area contributed by atoms with E-state index in [1.54, 1.807) is 42.5 Å². The van der Waals surface area contributed by atoms with Crippen molar-refractivity contribution in [3.63, 3.8) is 0 Å². The Morgan fingerprint density at radius 1 is 1.00 bits per heavy atom. The van der Waals surface area contributed by atoms with Gasteiger partial charge in [0.1, 0.15) is 0 Å². The predicted octanol–water partition coefficient (Wildman–Crippen LogP) is 1.66. The van der Waals surface area contributed by atoms with Gasteiger partial charge in [-0.15, -0.1) is 0 Å². The molecule has 4 N–H and O–H groups in total. The number of carbonyl (C=O) groups excluding carboxylic acids is 1. The van der Waals surface area contributed by atoms with Crippen LogP contribution in [0.15, 0.2) is 59.5 Å². The third-order valence-corrected chi connectivity index (χ3v) is 3.76. The monoisotopic (exact) mass is 305 g/mol. The average molecular weight is 305 g/mol. The second-order valence-electron chi connectivity index (χ2n) is 4.33. The molecule has 0 unspecified atom stereocenters. The Labute approximate surface area is 123 Å². The quantitative estimate of drug-likeness (QED) is 0.800. The third-order valence-electron chi connectivity index (χ3n) is 2.75. The van der Waals surface area contributed by atoms with E-state index in [2.05, 4.69) is 10.6 Å². The number of carbonyl (C=O) groups is 1. The molecule has 0 aliphatic rings. The molecule has 0 aliphatic heterocycles. The minimum atomic E-state index is -3.81. The third kappa shape index (κ3) is 4.30. The zero-order chi connectivity index (χ0) is 15.3. The van der Waals surface area contributed by atoms with E-state index in [0.29, 0.717) is 11.3 Å². The van der Waals surface area contributed by atoms with Crippen molar-refractivity contribution < 1.29 is 13.2 Å². The first-order valence-electron chi connectivity index (χ1n) is 6.17. The zero-order valence-corrected chi connectivity index (χ0v) is 11.9. The highest BCUT2D eigenvalue weighted by atomic mass is 32.2. The Hall–Kier alpha value is -2.38. The van der Waals surface area contributed by atoms with Crippen molar-refractivity contribution >= 4 is 21.7 Å². The van der Waals surface area contributed by atoms with Gasteiger partial charge in [-0.2, -0.15) is 0 Å². The van der Waals surface area contributed by atoms with Gasteiger partial charge in [-0.05, 0) is 23.8 Å². The maximum Gasteiger partial charge on any atom is 0.319 e. The van der Waals surface area contributed by atoms with Gasteiger partial charge in [-0.1, -0.05) is 36.4 Å². The maximum atomic E-state index is 11.7. The summed E-state index contributed by atoms with van der Waals surface area (Å²) in [5.41, 5.74) is 1.08. The highest BCUT2D eigenvalue weighted by molar-refractivity contribution is 7.89. The largest absolute Gasteiger partial charge is 0.334 e. The minimum Gasteiger partial charge on any atom is -0.334 e. The molecule has 0 radical (unpaired) electrons. The molecule has 2 aromatic rings.